The molecular formula is C16H22O. The van der Waals surface area contributed by atoms with Gasteiger partial charge in [-0.1, -0.05) is 49.8 Å². The van der Waals surface area contributed by atoms with Gasteiger partial charge in [0.15, 0.2) is 0 Å². The van der Waals surface area contributed by atoms with Crippen LogP contribution in [0.25, 0.3) is 0 Å². The van der Waals surface area contributed by atoms with Crippen LogP contribution >= 0.6 is 0 Å². The lowest BCUT2D eigenvalue weighted by atomic mass is 9.92. The summed E-state index contributed by atoms with van der Waals surface area (Å²) in [4.78, 5) is 0. The molecule has 0 saturated carbocycles. The third-order valence-electron chi connectivity index (χ3n) is 2.97. The molecule has 0 amide bonds. The van der Waals surface area contributed by atoms with Gasteiger partial charge in [0.2, 0.25) is 0 Å². The van der Waals surface area contributed by atoms with Crippen LogP contribution in [0.5, 0.6) is 0 Å². The van der Waals surface area contributed by atoms with Gasteiger partial charge in [-0.25, -0.2) is 0 Å². The number of aliphatic hydroxyl groups is 1. The molecule has 1 N–H and O–H groups in total. The van der Waals surface area contributed by atoms with Crippen LogP contribution < -0.4 is 0 Å². The smallest absolute Gasteiger partial charge is 0.123 e. The lowest BCUT2D eigenvalue weighted by molar-refractivity contribution is 0.0939. The average Bonchev–Trinajstić information content (AvgIpc) is 2.28. The second-order valence-corrected chi connectivity index (χ2v) is 5.11. The fourth-order valence-electron chi connectivity index (χ4n) is 1.72. The maximum absolute atomic E-state index is 10.2. The van der Waals surface area contributed by atoms with E-state index in [-0.39, 0.29) is 0 Å². The topological polar surface area (TPSA) is 20.2 Å². The molecule has 1 heteroatoms. The minimum Gasteiger partial charge on any atom is -0.378 e. The minimum absolute atomic E-state index is 0.498. The molecule has 0 fully saturated rings. The number of hydrogen-bond donors (Lipinski definition) is 1. The summed E-state index contributed by atoms with van der Waals surface area (Å²) in [5.74, 6) is 6.50. The molecule has 0 spiro atoms. The molecule has 0 aromatic heterocycles. The Morgan fingerprint density at radius 2 is 1.88 bits per heavy atom. The molecule has 0 bridgehead atoms. The second kappa shape index (κ2) is 5.89. The monoisotopic (exact) mass is 230 g/mol. The first-order valence-electron chi connectivity index (χ1n) is 6.25. The molecule has 2 unspecified atom stereocenters. The highest BCUT2D eigenvalue weighted by molar-refractivity contribution is 5.37. The van der Waals surface area contributed by atoms with E-state index in [9.17, 15) is 5.11 Å². The lowest BCUT2D eigenvalue weighted by Gasteiger charge is -2.20. The molecule has 0 radical (unpaired) electrons. The fraction of sp³-hybridized carbons (Fsp3) is 0.500. The summed E-state index contributed by atoms with van der Waals surface area (Å²) in [6.45, 7) is 8.12. The van der Waals surface area contributed by atoms with E-state index in [4.69, 9.17) is 0 Å². The van der Waals surface area contributed by atoms with Crippen LogP contribution in [0.3, 0.4) is 0 Å². The summed E-state index contributed by atoms with van der Waals surface area (Å²) in [7, 11) is 0. The molecule has 1 aromatic rings. The van der Waals surface area contributed by atoms with Gasteiger partial charge in [-0.05, 0) is 38.3 Å². The minimum atomic E-state index is -0.889. The number of aryl methyl sites for hydroxylation is 1. The Balaban J connectivity index is 2.73. The van der Waals surface area contributed by atoms with Gasteiger partial charge in [0.25, 0.3) is 0 Å². The Kier molecular flexibility index (Phi) is 4.78. The van der Waals surface area contributed by atoms with Crippen molar-refractivity contribution in [1.29, 1.82) is 0 Å². The van der Waals surface area contributed by atoms with Crippen LogP contribution in [-0.2, 0) is 0 Å². The van der Waals surface area contributed by atoms with E-state index in [1.807, 2.05) is 24.3 Å². The highest BCUT2D eigenvalue weighted by Gasteiger charge is 2.19. The van der Waals surface area contributed by atoms with Gasteiger partial charge < -0.3 is 5.11 Å². The van der Waals surface area contributed by atoms with Gasteiger partial charge in [-0.3, -0.25) is 0 Å². The van der Waals surface area contributed by atoms with Crippen molar-refractivity contribution in [3.05, 3.63) is 35.4 Å². The predicted molar refractivity (Wildman–Crippen MR) is 72.8 cm³/mol. The van der Waals surface area contributed by atoms with Crippen molar-refractivity contribution in [2.75, 3.05) is 0 Å². The van der Waals surface area contributed by atoms with E-state index in [1.54, 1.807) is 6.92 Å². The molecule has 0 aliphatic rings. The first-order chi connectivity index (χ1) is 7.93. The van der Waals surface area contributed by atoms with E-state index in [0.717, 1.165) is 18.4 Å². The van der Waals surface area contributed by atoms with Crippen LogP contribution in [0, 0.1) is 24.7 Å². The molecule has 2 atom stereocenters. The zero-order valence-corrected chi connectivity index (χ0v) is 11.2. The SMILES string of the molecule is CCC(C)CC(C)(O)C#Cc1ccc(C)cc1. The van der Waals surface area contributed by atoms with Crippen LogP contribution in [0.1, 0.15) is 44.7 Å². The van der Waals surface area contributed by atoms with Crippen molar-refractivity contribution < 1.29 is 5.11 Å². The van der Waals surface area contributed by atoms with Crippen molar-refractivity contribution in [1.82, 2.24) is 0 Å². The molecule has 92 valence electrons. The highest BCUT2D eigenvalue weighted by atomic mass is 16.3. The fourth-order valence-corrected chi connectivity index (χ4v) is 1.72. The summed E-state index contributed by atoms with van der Waals surface area (Å²) >= 11 is 0. The van der Waals surface area contributed by atoms with E-state index in [1.165, 1.54) is 5.56 Å². The number of benzene rings is 1. The molecule has 1 aromatic carbocycles. The van der Waals surface area contributed by atoms with Gasteiger partial charge in [0.1, 0.15) is 5.60 Å². The van der Waals surface area contributed by atoms with Gasteiger partial charge in [0.05, 0.1) is 0 Å². The maximum atomic E-state index is 10.2. The summed E-state index contributed by atoms with van der Waals surface area (Å²) in [6, 6.07) is 8.05. The maximum Gasteiger partial charge on any atom is 0.123 e. The Bertz CT molecular complexity index is 403. The Morgan fingerprint density at radius 3 is 2.41 bits per heavy atom. The predicted octanol–water partition coefficient (Wildman–Crippen LogP) is 3.53. The van der Waals surface area contributed by atoms with E-state index >= 15 is 0 Å². The summed E-state index contributed by atoms with van der Waals surface area (Å²) in [5, 5.41) is 10.2. The molecule has 0 aliphatic carbocycles. The largest absolute Gasteiger partial charge is 0.378 e. The van der Waals surface area contributed by atoms with Gasteiger partial charge >= 0.3 is 0 Å². The molecule has 1 nitrogen and oxygen atoms in total. The molecule has 0 saturated heterocycles. The molecule has 0 aliphatic heterocycles. The lowest BCUT2D eigenvalue weighted by Crippen LogP contribution is -2.24. The number of hydrogen-bond acceptors (Lipinski definition) is 1. The van der Waals surface area contributed by atoms with Crippen molar-refractivity contribution in [3.63, 3.8) is 0 Å². The van der Waals surface area contributed by atoms with Gasteiger partial charge in [-0.15, -0.1) is 0 Å². The zero-order valence-electron chi connectivity index (χ0n) is 11.2. The standard InChI is InChI=1S/C16H22O/c1-5-13(2)12-16(4,17)11-10-15-8-6-14(3)7-9-15/h6-9,13,17H,5,12H2,1-4H3. The van der Waals surface area contributed by atoms with Crippen molar-refractivity contribution in [2.24, 2.45) is 5.92 Å². The third kappa shape index (κ3) is 5.06. The van der Waals surface area contributed by atoms with Gasteiger partial charge in [0, 0.05) is 5.56 Å². The molecule has 1 rings (SSSR count). The summed E-state index contributed by atoms with van der Waals surface area (Å²) in [5.41, 5.74) is 1.29. The van der Waals surface area contributed by atoms with E-state index < -0.39 is 5.60 Å². The Labute approximate surface area is 105 Å². The molecule has 0 heterocycles. The van der Waals surface area contributed by atoms with Crippen molar-refractivity contribution in [3.8, 4) is 11.8 Å². The van der Waals surface area contributed by atoms with Gasteiger partial charge in [-0.2, -0.15) is 0 Å². The number of rotatable bonds is 3. The van der Waals surface area contributed by atoms with E-state index in [2.05, 4.69) is 32.6 Å². The van der Waals surface area contributed by atoms with Crippen molar-refractivity contribution in [2.45, 2.75) is 46.1 Å². The Hall–Kier alpha value is -1.26. The first-order valence-corrected chi connectivity index (χ1v) is 6.25. The summed E-state index contributed by atoms with van der Waals surface area (Å²) in [6.07, 6.45) is 1.80. The average molecular weight is 230 g/mol. The summed E-state index contributed by atoms with van der Waals surface area (Å²) < 4.78 is 0. The van der Waals surface area contributed by atoms with Crippen LogP contribution in [0.2, 0.25) is 0 Å². The third-order valence-corrected chi connectivity index (χ3v) is 2.97. The normalized spacial score (nSPS) is 15.6. The first kappa shape index (κ1) is 13.8. The van der Waals surface area contributed by atoms with Crippen LogP contribution in [0.15, 0.2) is 24.3 Å². The van der Waals surface area contributed by atoms with Crippen LogP contribution in [-0.4, -0.2) is 10.7 Å². The van der Waals surface area contributed by atoms with E-state index in [0.29, 0.717) is 5.92 Å². The van der Waals surface area contributed by atoms with Crippen LogP contribution in [0.4, 0.5) is 0 Å². The molecule has 17 heavy (non-hydrogen) atoms. The molecular weight excluding hydrogens is 208 g/mol. The zero-order chi connectivity index (χ0) is 12.9. The highest BCUT2D eigenvalue weighted by Crippen LogP contribution is 2.18. The van der Waals surface area contributed by atoms with Crippen molar-refractivity contribution >= 4 is 0 Å². The quantitative estimate of drug-likeness (QED) is 0.788. The second-order valence-electron chi connectivity index (χ2n) is 5.11. The Morgan fingerprint density at radius 1 is 1.29 bits per heavy atom.